The van der Waals surface area contributed by atoms with Crippen molar-refractivity contribution in [2.45, 2.75) is 64.1 Å². The molecule has 2 aliphatic rings. The number of hydrogen-bond acceptors (Lipinski definition) is 8. The molecule has 0 bridgehead atoms. The van der Waals surface area contributed by atoms with E-state index in [1.807, 2.05) is 37.3 Å². The minimum atomic E-state index is -0.651. The van der Waals surface area contributed by atoms with Crippen molar-refractivity contribution in [1.82, 2.24) is 15.5 Å². The summed E-state index contributed by atoms with van der Waals surface area (Å²) in [5, 5.41) is 5.06. The van der Waals surface area contributed by atoms with Crippen LogP contribution in [0.1, 0.15) is 73.0 Å². The molecule has 1 saturated heterocycles. The van der Waals surface area contributed by atoms with Crippen molar-refractivity contribution in [2.24, 2.45) is 0 Å². The average Bonchev–Trinajstić information content (AvgIpc) is 3.34. The van der Waals surface area contributed by atoms with Crippen LogP contribution in [0.3, 0.4) is 0 Å². The van der Waals surface area contributed by atoms with Gasteiger partial charge in [0.1, 0.15) is 24.1 Å². The van der Waals surface area contributed by atoms with Crippen molar-refractivity contribution in [1.29, 1.82) is 0 Å². The van der Waals surface area contributed by atoms with Gasteiger partial charge in [0, 0.05) is 37.4 Å². The molecule has 4 amide bonds. The van der Waals surface area contributed by atoms with E-state index >= 15 is 0 Å². The Morgan fingerprint density at radius 3 is 2.51 bits per heavy atom. The first-order valence-electron chi connectivity index (χ1n) is 14.9. The SMILES string of the molecule is CC(NC=O)c1cccc(OCCCCCOCCCOCCOc2cccc3c2CN(C2CCC(=O)NC2=O)C3=O)c1. The molecule has 2 unspecified atom stereocenters. The number of benzene rings is 2. The quantitative estimate of drug-likeness (QED) is 0.144. The number of carbonyl (C=O) groups is 4. The van der Waals surface area contributed by atoms with Crippen molar-refractivity contribution in [3.05, 3.63) is 59.2 Å². The highest BCUT2D eigenvalue weighted by Gasteiger charge is 2.40. The molecule has 11 nitrogen and oxygen atoms in total. The van der Waals surface area contributed by atoms with Crippen LogP contribution in [0.5, 0.6) is 11.5 Å². The van der Waals surface area contributed by atoms with Gasteiger partial charge in [-0.2, -0.15) is 0 Å². The van der Waals surface area contributed by atoms with Crippen LogP contribution < -0.4 is 20.1 Å². The molecule has 0 aromatic heterocycles. The zero-order valence-corrected chi connectivity index (χ0v) is 24.7. The Balaban J connectivity index is 1.01. The highest BCUT2D eigenvalue weighted by Crippen LogP contribution is 2.33. The maximum Gasteiger partial charge on any atom is 0.255 e. The van der Waals surface area contributed by atoms with Crippen LogP contribution in [-0.4, -0.2) is 74.7 Å². The van der Waals surface area contributed by atoms with Crippen molar-refractivity contribution in [3.63, 3.8) is 0 Å². The molecular weight excluding hydrogens is 554 g/mol. The number of unbranched alkanes of at least 4 members (excludes halogenated alkanes) is 2. The van der Waals surface area contributed by atoms with Crippen molar-refractivity contribution in [3.8, 4) is 11.5 Å². The molecule has 2 aromatic carbocycles. The summed E-state index contributed by atoms with van der Waals surface area (Å²) in [6, 6.07) is 12.4. The Hall–Kier alpha value is -3.96. The first-order chi connectivity index (χ1) is 21.0. The first kappa shape index (κ1) is 32.0. The molecule has 0 saturated carbocycles. The number of ether oxygens (including phenoxy) is 4. The number of carbonyl (C=O) groups excluding carboxylic acids is 4. The minimum absolute atomic E-state index is 0.0539. The van der Waals surface area contributed by atoms with E-state index in [9.17, 15) is 19.2 Å². The van der Waals surface area contributed by atoms with Gasteiger partial charge in [-0.15, -0.1) is 0 Å². The van der Waals surface area contributed by atoms with E-state index in [0.29, 0.717) is 63.8 Å². The Labute approximate surface area is 252 Å². The zero-order valence-electron chi connectivity index (χ0n) is 24.7. The minimum Gasteiger partial charge on any atom is -0.494 e. The fraction of sp³-hybridized carbons (Fsp3) is 0.500. The fourth-order valence-electron chi connectivity index (χ4n) is 5.12. The number of hydrogen-bond donors (Lipinski definition) is 2. The van der Waals surface area contributed by atoms with Gasteiger partial charge in [0.25, 0.3) is 5.91 Å². The van der Waals surface area contributed by atoms with E-state index in [4.69, 9.17) is 18.9 Å². The second-order valence-electron chi connectivity index (χ2n) is 10.6. The topological polar surface area (TPSA) is 132 Å². The predicted molar refractivity (Wildman–Crippen MR) is 158 cm³/mol. The molecular formula is C32H41N3O8. The third kappa shape index (κ3) is 9.26. The maximum atomic E-state index is 12.9. The van der Waals surface area contributed by atoms with Gasteiger partial charge in [-0.05, 0) is 68.9 Å². The highest BCUT2D eigenvalue weighted by atomic mass is 16.5. The zero-order chi connectivity index (χ0) is 30.4. The summed E-state index contributed by atoms with van der Waals surface area (Å²) in [6.45, 7) is 5.46. The Morgan fingerprint density at radius 1 is 0.930 bits per heavy atom. The normalized spacial score (nSPS) is 16.9. The summed E-state index contributed by atoms with van der Waals surface area (Å²) in [5.41, 5.74) is 2.29. The molecule has 4 rings (SSSR count). The molecule has 0 radical (unpaired) electrons. The van der Waals surface area contributed by atoms with Gasteiger partial charge in [0.2, 0.25) is 18.2 Å². The molecule has 2 heterocycles. The van der Waals surface area contributed by atoms with E-state index in [0.717, 1.165) is 42.6 Å². The van der Waals surface area contributed by atoms with Gasteiger partial charge >= 0.3 is 0 Å². The molecule has 2 aromatic rings. The molecule has 2 aliphatic heterocycles. The molecule has 0 aliphatic carbocycles. The molecule has 1 fully saturated rings. The third-order valence-corrected chi connectivity index (χ3v) is 7.48. The van der Waals surface area contributed by atoms with Gasteiger partial charge in [-0.3, -0.25) is 24.5 Å². The lowest BCUT2D eigenvalue weighted by Crippen LogP contribution is -2.52. The lowest BCUT2D eigenvalue weighted by atomic mass is 10.0. The van der Waals surface area contributed by atoms with Crippen LogP contribution in [0.4, 0.5) is 0 Å². The average molecular weight is 596 g/mol. The predicted octanol–water partition coefficient (Wildman–Crippen LogP) is 3.31. The largest absolute Gasteiger partial charge is 0.494 e. The fourth-order valence-corrected chi connectivity index (χ4v) is 5.12. The summed E-state index contributed by atoms with van der Waals surface area (Å²) in [4.78, 5) is 48.8. The Kier molecular flexibility index (Phi) is 12.4. The summed E-state index contributed by atoms with van der Waals surface area (Å²) in [6.07, 6.45) is 4.94. The lowest BCUT2D eigenvalue weighted by Gasteiger charge is -2.29. The standard InChI is InChI=1S/C32H41N3O8/c1-23(33-22-36)24-8-5-9-25(20-24)42-17-4-2-3-14-40-15-7-16-41-18-19-43-29-11-6-10-26-27(29)21-35(32(26)39)28-12-13-30(37)34-31(28)38/h5-6,8-11,20,22-23,28H,2-4,7,12-19,21H2,1H3,(H,33,36)(H,34,37,38). The number of rotatable bonds is 19. The summed E-state index contributed by atoms with van der Waals surface area (Å²) >= 11 is 0. The van der Waals surface area contributed by atoms with E-state index in [-0.39, 0.29) is 30.8 Å². The molecule has 2 N–H and O–H groups in total. The molecule has 2 atom stereocenters. The van der Waals surface area contributed by atoms with Crippen LogP contribution in [0.25, 0.3) is 0 Å². The van der Waals surface area contributed by atoms with E-state index in [2.05, 4.69) is 10.6 Å². The van der Waals surface area contributed by atoms with Gasteiger partial charge < -0.3 is 29.2 Å². The van der Waals surface area contributed by atoms with Gasteiger partial charge in [0.15, 0.2) is 0 Å². The van der Waals surface area contributed by atoms with Gasteiger partial charge in [-0.1, -0.05) is 18.2 Å². The monoisotopic (exact) mass is 595 g/mol. The van der Waals surface area contributed by atoms with Crippen LogP contribution in [0, 0.1) is 0 Å². The third-order valence-electron chi connectivity index (χ3n) is 7.48. The summed E-state index contributed by atoms with van der Waals surface area (Å²) in [7, 11) is 0. The van der Waals surface area contributed by atoms with Crippen LogP contribution in [0.2, 0.25) is 0 Å². The van der Waals surface area contributed by atoms with E-state index in [1.165, 1.54) is 4.90 Å². The van der Waals surface area contributed by atoms with Crippen LogP contribution >= 0.6 is 0 Å². The Morgan fingerprint density at radius 2 is 1.70 bits per heavy atom. The second-order valence-corrected chi connectivity index (χ2v) is 10.6. The number of fused-ring (bicyclic) bond motifs is 1. The Bertz CT molecular complexity index is 1250. The smallest absolute Gasteiger partial charge is 0.255 e. The molecule has 43 heavy (non-hydrogen) atoms. The highest BCUT2D eigenvalue weighted by molar-refractivity contribution is 6.05. The number of piperidine rings is 1. The molecule has 232 valence electrons. The van der Waals surface area contributed by atoms with Crippen molar-refractivity contribution >= 4 is 24.1 Å². The summed E-state index contributed by atoms with van der Waals surface area (Å²) in [5.74, 6) is 0.451. The van der Waals surface area contributed by atoms with Crippen LogP contribution in [0.15, 0.2) is 42.5 Å². The first-order valence-corrected chi connectivity index (χ1v) is 14.9. The van der Waals surface area contributed by atoms with Gasteiger partial charge in [-0.25, -0.2) is 0 Å². The number of nitrogens with one attached hydrogen (secondary N) is 2. The van der Waals surface area contributed by atoms with E-state index in [1.54, 1.807) is 12.1 Å². The van der Waals surface area contributed by atoms with Crippen molar-refractivity contribution < 1.29 is 38.1 Å². The molecule has 11 heteroatoms. The van der Waals surface area contributed by atoms with E-state index < -0.39 is 11.9 Å². The summed E-state index contributed by atoms with van der Waals surface area (Å²) < 4.78 is 23.1. The molecule has 0 spiro atoms. The number of nitrogens with zero attached hydrogens (tertiary/aromatic N) is 1. The number of amides is 4. The number of imide groups is 1. The maximum absolute atomic E-state index is 12.9. The lowest BCUT2D eigenvalue weighted by molar-refractivity contribution is -0.137. The van der Waals surface area contributed by atoms with Crippen molar-refractivity contribution in [2.75, 3.05) is 39.6 Å². The van der Waals surface area contributed by atoms with Gasteiger partial charge in [0.05, 0.1) is 25.8 Å². The van der Waals surface area contributed by atoms with Crippen LogP contribution in [-0.2, 0) is 30.4 Å². The second kappa shape index (κ2) is 16.6.